The molecule has 0 saturated heterocycles. The van der Waals surface area contributed by atoms with Gasteiger partial charge >= 0.3 is 0 Å². The van der Waals surface area contributed by atoms with Gasteiger partial charge in [0.15, 0.2) is 0 Å². The van der Waals surface area contributed by atoms with Crippen molar-refractivity contribution < 1.29 is 9.47 Å². The average Bonchev–Trinajstić information content (AvgIpc) is 2.42. The lowest BCUT2D eigenvalue weighted by Crippen LogP contribution is -2.34. The predicted molar refractivity (Wildman–Crippen MR) is 83.6 cm³/mol. The largest absolute Gasteiger partial charge is 0.379 e. The van der Waals surface area contributed by atoms with Crippen LogP contribution in [0.5, 0.6) is 0 Å². The molecule has 0 bridgehead atoms. The van der Waals surface area contributed by atoms with E-state index >= 15 is 0 Å². The fourth-order valence-electron chi connectivity index (χ4n) is 2.14. The van der Waals surface area contributed by atoms with Gasteiger partial charge in [0.1, 0.15) is 0 Å². The molecule has 0 aliphatic carbocycles. The monoisotopic (exact) mass is 279 g/mol. The number of nitrogens with two attached hydrogens (primary N) is 1. The van der Waals surface area contributed by atoms with Gasteiger partial charge in [0.05, 0.1) is 25.4 Å². The zero-order valence-corrected chi connectivity index (χ0v) is 13.2. The van der Waals surface area contributed by atoms with Crippen molar-refractivity contribution in [2.24, 2.45) is 17.6 Å². The first-order chi connectivity index (χ1) is 9.52. The number of ether oxygens (including phenoxy) is 2. The van der Waals surface area contributed by atoms with E-state index in [1.807, 2.05) is 18.2 Å². The van der Waals surface area contributed by atoms with Crippen LogP contribution in [0.2, 0.25) is 0 Å². The van der Waals surface area contributed by atoms with Gasteiger partial charge < -0.3 is 15.2 Å². The molecule has 2 unspecified atom stereocenters. The van der Waals surface area contributed by atoms with E-state index in [-0.39, 0.29) is 12.1 Å². The van der Waals surface area contributed by atoms with Crippen LogP contribution >= 0.6 is 0 Å². The molecule has 0 amide bonds. The number of rotatable bonds is 9. The molecular formula is C17H29NO2. The Kier molecular flexibility index (Phi) is 7.82. The van der Waals surface area contributed by atoms with E-state index in [2.05, 4.69) is 39.8 Å². The Hall–Kier alpha value is -0.900. The summed E-state index contributed by atoms with van der Waals surface area (Å²) in [5.74, 6) is 0.928. The van der Waals surface area contributed by atoms with Gasteiger partial charge in [-0.15, -0.1) is 0 Å². The van der Waals surface area contributed by atoms with Crippen LogP contribution in [0, 0.1) is 11.8 Å². The van der Waals surface area contributed by atoms with Gasteiger partial charge in [-0.1, -0.05) is 58.0 Å². The molecule has 0 aromatic heterocycles. The highest BCUT2D eigenvalue weighted by molar-refractivity contribution is 5.19. The number of benzene rings is 1. The summed E-state index contributed by atoms with van der Waals surface area (Å²) in [6, 6.07) is 10.0. The molecule has 1 rings (SSSR count). The molecule has 0 aliphatic rings. The van der Waals surface area contributed by atoms with Crippen LogP contribution in [0.3, 0.4) is 0 Å². The van der Waals surface area contributed by atoms with E-state index in [0.717, 1.165) is 12.2 Å². The molecule has 2 atom stereocenters. The molecule has 0 heterocycles. The maximum Gasteiger partial charge on any atom is 0.0791 e. The highest BCUT2D eigenvalue weighted by atomic mass is 16.5. The molecule has 1 aromatic carbocycles. The molecule has 20 heavy (non-hydrogen) atoms. The Morgan fingerprint density at radius 3 is 2.20 bits per heavy atom. The van der Waals surface area contributed by atoms with Crippen molar-refractivity contribution in [2.45, 2.75) is 39.8 Å². The van der Waals surface area contributed by atoms with Crippen LogP contribution in [0.1, 0.15) is 39.3 Å². The van der Waals surface area contributed by atoms with Gasteiger partial charge in [0.25, 0.3) is 0 Å². The van der Waals surface area contributed by atoms with Crippen molar-refractivity contribution >= 4 is 0 Å². The SMILES string of the molecule is CC(C)COCCOC(C(C)C)C(N)c1ccccc1. The van der Waals surface area contributed by atoms with Crippen LogP contribution < -0.4 is 5.73 Å². The van der Waals surface area contributed by atoms with Crippen LogP contribution in [0.25, 0.3) is 0 Å². The van der Waals surface area contributed by atoms with E-state index in [4.69, 9.17) is 15.2 Å². The second-order valence-electron chi connectivity index (χ2n) is 5.98. The molecular weight excluding hydrogens is 250 g/mol. The molecule has 0 spiro atoms. The van der Waals surface area contributed by atoms with Crippen molar-refractivity contribution in [3.8, 4) is 0 Å². The van der Waals surface area contributed by atoms with Gasteiger partial charge in [0, 0.05) is 6.61 Å². The second kappa shape index (κ2) is 9.11. The molecule has 0 radical (unpaired) electrons. The summed E-state index contributed by atoms with van der Waals surface area (Å²) in [5, 5.41) is 0. The number of hydrogen-bond acceptors (Lipinski definition) is 3. The zero-order valence-electron chi connectivity index (χ0n) is 13.2. The smallest absolute Gasteiger partial charge is 0.0791 e. The van der Waals surface area contributed by atoms with Crippen molar-refractivity contribution in [3.63, 3.8) is 0 Å². The molecule has 2 N–H and O–H groups in total. The highest BCUT2D eigenvalue weighted by Crippen LogP contribution is 2.22. The summed E-state index contributed by atoms with van der Waals surface area (Å²) in [6.07, 6.45) is 0.0139. The second-order valence-corrected chi connectivity index (χ2v) is 5.98. The Morgan fingerprint density at radius 2 is 1.65 bits per heavy atom. The predicted octanol–water partition coefficient (Wildman–Crippen LogP) is 3.40. The van der Waals surface area contributed by atoms with Crippen LogP contribution in [-0.2, 0) is 9.47 Å². The first-order valence-corrected chi connectivity index (χ1v) is 7.52. The minimum absolute atomic E-state index is 0.0139. The average molecular weight is 279 g/mol. The maximum atomic E-state index is 6.34. The third-order valence-corrected chi connectivity index (χ3v) is 3.18. The minimum Gasteiger partial charge on any atom is -0.379 e. The normalized spacial score (nSPS) is 14.8. The summed E-state index contributed by atoms with van der Waals surface area (Å²) >= 11 is 0. The quantitative estimate of drug-likeness (QED) is 0.705. The summed E-state index contributed by atoms with van der Waals surface area (Å²) in [4.78, 5) is 0. The standard InChI is InChI=1S/C17H29NO2/c1-13(2)12-19-10-11-20-17(14(3)4)16(18)15-8-6-5-7-9-15/h5-9,13-14,16-17H,10-12,18H2,1-4H3. The summed E-state index contributed by atoms with van der Waals surface area (Å²) in [7, 11) is 0. The first kappa shape index (κ1) is 17.2. The van der Waals surface area contributed by atoms with Gasteiger partial charge in [0.2, 0.25) is 0 Å². The molecule has 0 aliphatic heterocycles. The topological polar surface area (TPSA) is 44.5 Å². The summed E-state index contributed by atoms with van der Waals surface area (Å²) < 4.78 is 11.5. The fourth-order valence-corrected chi connectivity index (χ4v) is 2.14. The summed E-state index contributed by atoms with van der Waals surface area (Å²) in [6.45, 7) is 10.6. The van der Waals surface area contributed by atoms with E-state index in [1.165, 1.54) is 0 Å². The molecule has 0 fully saturated rings. The maximum absolute atomic E-state index is 6.34. The Balaban J connectivity index is 2.44. The van der Waals surface area contributed by atoms with Crippen molar-refractivity contribution in [2.75, 3.05) is 19.8 Å². The molecule has 3 nitrogen and oxygen atoms in total. The van der Waals surface area contributed by atoms with Gasteiger partial charge in [-0.2, -0.15) is 0 Å². The van der Waals surface area contributed by atoms with Gasteiger partial charge in [-0.05, 0) is 17.4 Å². The number of hydrogen-bond donors (Lipinski definition) is 1. The fraction of sp³-hybridized carbons (Fsp3) is 0.647. The lowest BCUT2D eigenvalue weighted by atomic mass is 9.94. The lowest BCUT2D eigenvalue weighted by Gasteiger charge is -2.28. The van der Waals surface area contributed by atoms with Gasteiger partial charge in [-0.3, -0.25) is 0 Å². The zero-order chi connectivity index (χ0) is 15.0. The Morgan fingerprint density at radius 1 is 1.00 bits per heavy atom. The lowest BCUT2D eigenvalue weighted by molar-refractivity contribution is -0.0303. The highest BCUT2D eigenvalue weighted by Gasteiger charge is 2.23. The van der Waals surface area contributed by atoms with Gasteiger partial charge in [-0.25, -0.2) is 0 Å². The Bertz CT molecular complexity index is 351. The first-order valence-electron chi connectivity index (χ1n) is 7.52. The van der Waals surface area contributed by atoms with Crippen LogP contribution in [0.4, 0.5) is 0 Å². The van der Waals surface area contributed by atoms with Crippen molar-refractivity contribution in [1.82, 2.24) is 0 Å². The van der Waals surface area contributed by atoms with Crippen molar-refractivity contribution in [1.29, 1.82) is 0 Å². The van der Waals surface area contributed by atoms with Crippen molar-refractivity contribution in [3.05, 3.63) is 35.9 Å². The molecule has 114 valence electrons. The van der Waals surface area contributed by atoms with Crippen LogP contribution in [0.15, 0.2) is 30.3 Å². The third kappa shape index (κ3) is 6.04. The summed E-state index contributed by atoms with van der Waals surface area (Å²) in [5.41, 5.74) is 7.46. The van der Waals surface area contributed by atoms with E-state index in [9.17, 15) is 0 Å². The van der Waals surface area contributed by atoms with Crippen LogP contribution in [-0.4, -0.2) is 25.9 Å². The van der Waals surface area contributed by atoms with E-state index < -0.39 is 0 Å². The van der Waals surface area contributed by atoms with E-state index in [1.54, 1.807) is 0 Å². The Labute approximate surface area is 123 Å². The minimum atomic E-state index is -0.0960. The molecule has 0 saturated carbocycles. The molecule has 3 heteroatoms. The van der Waals surface area contributed by atoms with E-state index in [0.29, 0.717) is 25.0 Å². The third-order valence-electron chi connectivity index (χ3n) is 3.18. The molecule has 1 aromatic rings.